The number of carbonyl (C=O) groups excluding carboxylic acids is 1. The van der Waals surface area contributed by atoms with Crippen molar-refractivity contribution >= 4 is 34.3 Å². The minimum Gasteiger partial charge on any atom is -0.274 e. The van der Waals surface area contributed by atoms with Crippen molar-refractivity contribution in [3.05, 3.63) is 125 Å². The molecule has 5 aliphatic rings. The molecular formula is C29H21N5O2. The van der Waals surface area contributed by atoms with E-state index in [1.807, 2.05) is 85.9 Å². The minimum atomic E-state index is -0.293. The van der Waals surface area contributed by atoms with Crippen LogP contribution in [-0.2, 0) is 4.84 Å². The summed E-state index contributed by atoms with van der Waals surface area (Å²) < 4.78 is 0. The van der Waals surface area contributed by atoms with Crippen LogP contribution in [0.3, 0.4) is 0 Å². The molecule has 174 valence electrons. The lowest BCUT2D eigenvalue weighted by Crippen LogP contribution is -2.23. The van der Waals surface area contributed by atoms with Gasteiger partial charge in [0.1, 0.15) is 0 Å². The smallest absolute Gasteiger partial charge is 0.274 e. The van der Waals surface area contributed by atoms with Crippen LogP contribution in [0.15, 0.2) is 134 Å². The molecule has 0 saturated heterocycles. The van der Waals surface area contributed by atoms with E-state index in [1.54, 1.807) is 12.1 Å². The van der Waals surface area contributed by atoms with E-state index in [2.05, 4.69) is 15.5 Å². The number of hydrogen-bond donors (Lipinski definition) is 1. The summed E-state index contributed by atoms with van der Waals surface area (Å²) in [5, 5.41) is 0. The molecule has 5 heterocycles. The summed E-state index contributed by atoms with van der Waals surface area (Å²) in [6.45, 7) is 2.21. The Balaban J connectivity index is 1.45. The molecule has 0 fully saturated rings. The average molecular weight is 472 g/mol. The van der Waals surface area contributed by atoms with Gasteiger partial charge in [-0.3, -0.25) is 9.63 Å². The van der Waals surface area contributed by atoms with E-state index in [9.17, 15) is 4.79 Å². The number of rotatable bonds is 4. The van der Waals surface area contributed by atoms with Gasteiger partial charge in [0.15, 0.2) is 0 Å². The monoisotopic (exact) mass is 471 g/mol. The first-order valence-corrected chi connectivity index (χ1v) is 11.6. The highest BCUT2D eigenvalue weighted by Crippen LogP contribution is 2.30. The summed E-state index contributed by atoms with van der Waals surface area (Å²) in [6.07, 6.45) is 21.6. The predicted octanol–water partition coefficient (Wildman–Crippen LogP) is 4.79. The molecular weight excluding hydrogens is 450 g/mol. The molecule has 0 radical (unpaired) electrons. The zero-order valence-electron chi connectivity index (χ0n) is 19.5. The molecule has 6 rings (SSSR count). The fourth-order valence-corrected chi connectivity index (χ4v) is 4.17. The molecule has 1 N–H and O–H groups in total. The number of fused-ring (bicyclic) bond motifs is 4. The highest BCUT2D eigenvalue weighted by molar-refractivity contribution is 6.32. The predicted molar refractivity (Wildman–Crippen MR) is 143 cm³/mol. The van der Waals surface area contributed by atoms with Gasteiger partial charge in [-0.05, 0) is 91.5 Å². The lowest BCUT2D eigenvalue weighted by molar-refractivity contribution is 0.0364. The van der Waals surface area contributed by atoms with Crippen molar-refractivity contribution in [1.29, 1.82) is 0 Å². The van der Waals surface area contributed by atoms with Crippen LogP contribution in [-0.4, -0.2) is 35.4 Å². The quantitative estimate of drug-likeness (QED) is 0.640. The van der Waals surface area contributed by atoms with E-state index in [-0.39, 0.29) is 5.91 Å². The third-order valence-electron chi connectivity index (χ3n) is 5.83. The number of hydrogen-bond acceptors (Lipinski definition) is 6. The normalized spacial score (nSPS) is 19.1. The molecule has 1 aromatic rings. The minimum absolute atomic E-state index is 0.293. The molecule has 0 aromatic heterocycles. The number of amides is 1. The number of aliphatic imine (C=N–C) groups is 4. The van der Waals surface area contributed by atoms with Gasteiger partial charge >= 0.3 is 0 Å². The fraction of sp³-hybridized carbons (Fsp3) is 0.0690. The van der Waals surface area contributed by atoms with Gasteiger partial charge in [-0.25, -0.2) is 25.4 Å². The zero-order chi connectivity index (χ0) is 24.5. The number of benzene rings is 1. The summed E-state index contributed by atoms with van der Waals surface area (Å²) >= 11 is 0. The largest absolute Gasteiger partial charge is 0.274 e. The summed E-state index contributed by atoms with van der Waals surface area (Å²) in [7, 11) is 0. The molecule has 0 unspecified atom stereocenters. The average Bonchev–Trinajstić information content (AvgIpc) is 3.69. The van der Waals surface area contributed by atoms with Crippen molar-refractivity contribution in [3.8, 4) is 0 Å². The first kappa shape index (κ1) is 21.8. The molecule has 0 atom stereocenters. The van der Waals surface area contributed by atoms with E-state index in [0.29, 0.717) is 12.2 Å². The van der Waals surface area contributed by atoms with Crippen molar-refractivity contribution in [2.75, 3.05) is 6.61 Å². The maximum absolute atomic E-state index is 12.3. The second-order valence-corrected chi connectivity index (χ2v) is 8.35. The molecule has 0 saturated carbocycles. The van der Waals surface area contributed by atoms with E-state index in [4.69, 9.17) is 14.8 Å². The van der Waals surface area contributed by atoms with Crippen LogP contribution in [0, 0.1) is 0 Å². The van der Waals surface area contributed by atoms with Gasteiger partial charge in [0.25, 0.3) is 5.91 Å². The molecule has 36 heavy (non-hydrogen) atoms. The van der Waals surface area contributed by atoms with Gasteiger partial charge in [-0.2, -0.15) is 0 Å². The van der Waals surface area contributed by atoms with Crippen LogP contribution < -0.4 is 5.48 Å². The van der Waals surface area contributed by atoms with Crippen LogP contribution in [0.4, 0.5) is 0 Å². The molecule has 1 aromatic carbocycles. The number of nitrogens with one attached hydrogen (secondary N) is 1. The topological polar surface area (TPSA) is 87.8 Å². The zero-order valence-corrected chi connectivity index (χ0v) is 19.5. The lowest BCUT2D eigenvalue weighted by atomic mass is 9.97. The Morgan fingerprint density at radius 1 is 0.722 bits per heavy atom. The molecule has 7 nitrogen and oxygen atoms in total. The standard InChI is InChI=1S/C29H21N5O2/c1-2-36-34-29(35)19-5-3-18(4-6-19)28-26-13-11-24(32-26)16-22-9-7-20(30-22)15-21-8-10-23(31-21)17-25-12-14-27(28)33-25/h3-17H,2H2,1H3,(H,34,35). The maximum atomic E-state index is 12.3. The third-order valence-corrected chi connectivity index (χ3v) is 5.83. The molecule has 7 heteroatoms. The number of carbonyl (C=O) groups is 1. The van der Waals surface area contributed by atoms with Crippen molar-refractivity contribution < 1.29 is 9.63 Å². The summed E-state index contributed by atoms with van der Waals surface area (Å²) in [5.41, 5.74) is 11.2. The van der Waals surface area contributed by atoms with Crippen molar-refractivity contribution in [2.45, 2.75) is 6.92 Å². The van der Waals surface area contributed by atoms with Gasteiger partial charge in [0, 0.05) is 11.1 Å². The first-order chi connectivity index (χ1) is 17.6. The maximum Gasteiger partial charge on any atom is 0.274 e. The van der Waals surface area contributed by atoms with Crippen molar-refractivity contribution in [2.24, 2.45) is 20.0 Å². The summed E-state index contributed by atoms with van der Waals surface area (Å²) in [6, 6.07) is 7.33. The number of nitrogens with zero attached hydrogens (tertiary/aromatic N) is 4. The molecule has 5 aliphatic heterocycles. The Morgan fingerprint density at radius 2 is 1.31 bits per heavy atom. The molecule has 0 aliphatic carbocycles. The van der Waals surface area contributed by atoms with Crippen LogP contribution >= 0.6 is 0 Å². The molecule has 1 amide bonds. The summed E-state index contributed by atoms with van der Waals surface area (Å²) in [5.74, 6) is -0.293. The van der Waals surface area contributed by atoms with Crippen LogP contribution in [0.5, 0.6) is 0 Å². The van der Waals surface area contributed by atoms with Crippen molar-refractivity contribution in [3.63, 3.8) is 0 Å². The highest BCUT2D eigenvalue weighted by atomic mass is 16.6. The van der Waals surface area contributed by atoms with E-state index in [0.717, 1.165) is 56.8 Å². The van der Waals surface area contributed by atoms with E-state index < -0.39 is 0 Å². The molecule has 0 spiro atoms. The SMILES string of the molecule is CCONC(=O)c1ccc(C2=C3C=CC(=N3)C=C3C=CC(=N3)C=C3C=CC(=N3)C=C3C=CC2=N3)cc1. The van der Waals surface area contributed by atoms with Gasteiger partial charge in [0.05, 0.1) is 52.2 Å². The Hall–Kier alpha value is -4.75. The fourth-order valence-electron chi connectivity index (χ4n) is 4.17. The second-order valence-electron chi connectivity index (χ2n) is 8.35. The Kier molecular flexibility index (Phi) is 5.52. The van der Waals surface area contributed by atoms with Crippen LogP contribution in [0.2, 0.25) is 0 Å². The number of allylic oxidation sites excluding steroid dienone is 12. The third kappa shape index (κ3) is 4.35. The number of hydroxylamine groups is 1. The first-order valence-electron chi connectivity index (χ1n) is 11.6. The highest BCUT2D eigenvalue weighted by Gasteiger charge is 2.20. The van der Waals surface area contributed by atoms with Gasteiger partial charge in [-0.15, -0.1) is 0 Å². The van der Waals surface area contributed by atoms with Crippen LogP contribution in [0.25, 0.3) is 5.57 Å². The molecule has 8 bridgehead atoms. The van der Waals surface area contributed by atoms with E-state index >= 15 is 0 Å². The Bertz CT molecular complexity index is 1550. The van der Waals surface area contributed by atoms with Crippen molar-refractivity contribution in [1.82, 2.24) is 5.48 Å². The second kappa shape index (κ2) is 9.13. The van der Waals surface area contributed by atoms with Gasteiger partial charge in [-0.1, -0.05) is 12.1 Å². The lowest BCUT2D eigenvalue weighted by Gasteiger charge is -2.10. The summed E-state index contributed by atoms with van der Waals surface area (Å²) in [4.78, 5) is 36.4. The van der Waals surface area contributed by atoms with E-state index in [1.165, 1.54) is 0 Å². The van der Waals surface area contributed by atoms with Gasteiger partial charge in [0.2, 0.25) is 0 Å². The Labute approximate surface area is 208 Å². The van der Waals surface area contributed by atoms with Gasteiger partial charge < -0.3 is 0 Å². The van der Waals surface area contributed by atoms with Crippen LogP contribution in [0.1, 0.15) is 22.8 Å². The Morgan fingerprint density at radius 3 is 1.97 bits per heavy atom.